The van der Waals surface area contributed by atoms with Crippen LogP contribution in [0.15, 0.2) is 66.9 Å². The van der Waals surface area contributed by atoms with Gasteiger partial charge in [0.1, 0.15) is 18.0 Å². The third-order valence-corrected chi connectivity index (χ3v) is 5.42. The molecular weight excluding hydrogens is 406 g/mol. The van der Waals surface area contributed by atoms with Crippen LogP contribution in [0, 0.1) is 10.1 Å². The van der Waals surface area contributed by atoms with Crippen LogP contribution in [0.4, 0.5) is 5.69 Å². The second-order valence-corrected chi connectivity index (χ2v) is 7.56. The van der Waals surface area contributed by atoms with E-state index >= 15 is 0 Å². The monoisotopic (exact) mass is 427 g/mol. The van der Waals surface area contributed by atoms with Crippen molar-refractivity contribution in [3.8, 4) is 17.1 Å². The highest BCUT2D eigenvalue weighted by atomic mass is 16.6. The molecule has 2 aromatic carbocycles. The van der Waals surface area contributed by atoms with Gasteiger partial charge < -0.3 is 15.0 Å². The van der Waals surface area contributed by atoms with Crippen molar-refractivity contribution in [1.29, 1.82) is 0 Å². The van der Waals surface area contributed by atoms with Crippen molar-refractivity contribution in [2.75, 3.05) is 13.1 Å². The van der Waals surface area contributed by atoms with Crippen LogP contribution in [-0.4, -0.2) is 33.0 Å². The van der Waals surface area contributed by atoms with Crippen molar-refractivity contribution in [2.24, 2.45) is 0 Å². The number of nitro benzene ring substituents is 1. The van der Waals surface area contributed by atoms with Gasteiger partial charge in [-0.1, -0.05) is 18.2 Å². The molecule has 0 aliphatic carbocycles. The predicted octanol–water partition coefficient (Wildman–Crippen LogP) is 4.49. The van der Waals surface area contributed by atoms with Crippen LogP contribution < -0.4 is 10.1 Å². The zero-order valence-electron chi connectivity index (χ0n) is 17.2. The quantitative estimate of drug-likeness (QED) is 0.347. The second kappa shape index (κ2) is 8.60. The molecule has 0 saturated heterocycles. The average molecular weight is 427 g/mol. The second-order valence-electron chi connectivity index (χ2n) is 7.56. The summed E-state index contributed by atoms with van der Waals surface area (Å²) in [6.45, 7) is 2.03. The molecule has 0 saturated carbocycles. The lowest BCUT2D eigenvalue weighted by atomic mass is 10.0. The van der Waals surface area contributed by atoms with E-state index in [-0.39, 0.29) is 12.3 Å². The molecule has 0 amide bonds. The van der Waals surface area contributed by atoms with Gasteiger partial charge in [0, 0.05) is 35.8 Å². The molecule has 0 atom stereocenters. The summed E-state index contributed by atoms with van der Waals surface area (Å²) < 4.78 is 5.81. The summed E-state index contributed by atoms with van der Waals surface area (Å²) in [6, 6.07) is 16.0. The van der Waals surface area contributed by atoms with E-state index in [0.717, 1.165) is 47.4 Å². The Balaban J connectivity index is 1.37. The number of rotatable bonds is 6. The van der Waals surface area contributed by atoms with Crippen LogP contribution in [-0.2, 0) is 6.61 Å². The Hall–Kier alpha value is -4.04. The van der Waals surface area contributed by atoms with Crippen molar-refractivity contribution in [2.45, 2.75) is 13.0 Å². The van der Waals surface area contributed by atoms with E-state index in [2.05, 4.69) is 16.4 Å². The highest BCUT2D eigenvalue weighted by Gasteiger charge is 2.15. The van der Waals surface area contributed by atoms with Crippen LogP contribution in [0.2, 0.25) is 0 Å². The summed E-state index contributed by atoms with van der Waals surface area (Å²) >= 11 is 0. The molecule has 160 valence electrons. The Morgan fingerprint density at radius 3 is 2.75 bits per heavy atom. The minimum absolute atomic E-state index is 0.0537. The molecule has 8 heteroatoms. The molecule has 0 spiro atoms. The smallest absolute Gasteiger partial charge is 0.269 e. The topological polar surface area (TPSA) is 106 Å². The molecule has 3 heterocycles. The molecule has 32 heavy (non-hydrogen) atoms. The zero-order chi connectivity index (χ0) is 21.9. The SMILES string of the molecule is O=[N+]([O-])c1cccc(COc2ccc(-c3nc(C4=CCNCC4)c4cc[nH]c4n3)cc2)c1. The van der Waals surface area contributed by atoms with E-state index in [4.69, 9.17) is 14.7 Å². The number of aromatic amines is 1. The Bertz CT molecular complexity index is 1310. The molecular formula is C24H21N5O3. The van der Waals surface area contributed by atoms with Crippen LogP contribution in [0.1, 0.15) is 17.7 Å². The summed E-state index contributed by atoms with van der Waals surface area (Å²) in [5.74, 6) is 1.32. The van der Waals surface area contributed by atoms with E-state index < -0.39 is 4.92 Å². The third-order valence-electron chi connectivity index (χ3n) is 5.42. The van der Waals surface area contributed by atoms with Crippen LogP contribution >= 0.6 is 0 Å². The van der Waals surface area contributed by atoms with Gasteiger partial charge in [0.15, 0.2) is 5.82 Å². The van der Waals surface area contributed by atoms with Gasteiger partial charge in [0.2, 0.25) is 0 Å². The Kier molecular flexibility index (Phi) is 5.35. The first-order valence-corrected chi connectivity index (χ1v) is 10.4. The zero-order valence-corrected chi connectivity index (χ0v) is 17.2. The Morgan fingerprint density at radius 2 is 1.97 bits per heavy atom. The number of ether oxygens (including phenoxy) is 1. The van der Waals surface area contributed by atoms with Gasteiger partial charge in [0.25, 0.3) is 5.69 Å². The number of nitro groups is 1. The lowest BCUT2D eigenvalue weighted by molar-refractivity contribution is -0.384. The van der Waals surface area contributed by atoms with Crippen LogP contribution in [0.5, 0.6) is 5.75 Å². The number of hydrogen-bond donors (Lipinski definition) is 2. The summed E-state index contributed by atoms with van der Waals surface area (Å²) in [4.78, 5) is 23.3. The van der Waals surface area contributed by atoms with Gasteiger partial charge in [-0.25, -0.2) is 9.97 Å². The maximum absolute atomic E-state index is 10.9. The molecule has 2 aromatic heterocycles. The lowest BCUT2D eigenvalue weighted by Gasteiger charge is -2.15. The molecule has 1 aliphatic rings. The first kappa shape index (κ1) is 19.9. The fourth-order valence-electron chi connectivity index (χ4n) is 3.78. The van der Waals surface area contributed by atoms with E-state index in [1.807, 2.05) is 36.5 Å². The van der Waals surface area contributed by atoms with Gasteiger partial charge >= 0.3 is 0 Å². The van der Waals surface area contributed by atoms with Crippen molar-refractivity contribution >= 4 is 22.3 Å². The molecule has 0 fully saturated rings. The van der Waals surface area contributed by atoms with Crippen molar-refractivity contribution in [3.63, 3.8) is 0 Å². The highest BCUT2D eigenvalue weighted by molar-refractivity contribution is 5.89. The molecule has 8 nitrogen and oxygen atoms in total. The molecule has 5 rings (SSSR count). The number of non-ortho nitro benzene ring substituents is 1. The maximum Gasteiger partial charge on any atom is 0.269 e. The van der Waals surface area contributed by atoms with Crippen molar-refractivity contribution in [1.82, 2.24) is 20.3 Å². The van der Waals surface area contributed by atoms with Gasteiger partial charge in [-0.3, -0.25) is 10.1 Å². The van der Waals surface area contributed by atoms with Crippen molar-refractivity contribution < 1.29 is 9.66 Å². The number of H-pyrrole nitrogens is 1. The first-order chi connectivity index (χ1) is 15.7. The Morgan fingerprint density at radius 1 is 1.09 bits per heavy atom. The normalized spacial score (nSPS) is 13.7. The van der Waals surface area contributed by atoms with E-state index in [9.17, 15) is 10.1 Å². The van der Waals surface area contributed by atoms with Crippen LogP contribution in [0.25, 0.3) is 28.0 Å². The van der Waals surface area contributed by atoms with E-state index in [1.54, 1.807) is 12.1 Å². The first-order valence-electron chi connectivity index (χ1n) is 10.4. The standard InChI is InChI=1S/C24H21N5O3/c30-29(31)19-3-1-2-16(14-19)15-32-20-6-4-18(5-7-20)23-27-22(17-8-11-25-12-9-17)21-10-13-26-24(21)28-23/h1-8,10,13-14,25H,9,11-12,15H2,(H,26,27,28). The fraction of sp³-hybridized carbons (Fsp3) is 0.167. The molecule has 4 aromatic rings. The number of nitrogens with zero attached hydrogens (tertiary/aromatic N) is 3. The lowest BCUT2D eigenvalue weighted by Crippen LogP contribution is -2.20. The maximum atomic E-state index is 10.9. The Labute approximate surface area is 184 Å². The van der Waals surface area contributed by atoms with Gasteiger partial charge in [-0.2, -0.15) is 0 Å². The number of aromatic nitrogens is 3. The average Bonchev–Trinajstić information content (AvgIpc) is 3.32. The number of nitrogens with one attached hydrogen (secondary N) is 2. The number of hydrogen-bond acceptors (Lipinski definition) is 6. The fourth-order valence-corrected chi connectivity index (χ4v) is 3.78. The largest absolute Gasteiger partial charge is 0.489 e. The summed E-state index contributed by atoms with van der Waals surface area (Å²) in [7, 11) is 0. The summed E-state index contributed by atoms with van der Waals surface area (Å²) in [5.41, 5.74) is 4.70. The molecule has 0 unspecified atom stereocenters. The molecule has 2 N–H and O–H groups in total. The molecule has 0 radical (unpaired) electrons. The van der Waals surface area contributed by atoms with Gasteiger partial charge in [-0.05, 0) is 54.4 Å². The summed E-state index contributed by atoms with van der Waals surface area (Å²) in [5, 5.41) is 15.3. The van der Waals surface area contributed by atoms with E-state index in [0.29, 0.717) is 11.6 Å². The highest BCUT2D eigenvalue weighted by Crippen LogP contribution is 2.29. The van der Waals surface area contributed by atoms with Gasteiger partial charge in [0.05, 0.1) is 10.6 Å². The number of benzene rings is 2. The van der Waals surface area contributed by atoms with E-state index in [1.165, 1.54) is 17.7 Å². The predicted molar refractivity (Wildman–Crippen MR) is 122 cm³/mol. The third kappa shape index (κ3) is 4.08. The van der Waals surface area contributed by atoms with Gasteiger partial charge in [-0.15, -0.1) is 0 Å². The minimum Gasteiger partial charge on any atom is -0.489 e. The molecule has 0 bridgehead atoms. The molecule has 1 aliphatic heterocycles. The van der Waals surface area contributed by atoms with Crippen molar-refractivity contribution in [3.05, 3.63) is 88.2 Å². The minimum atomic E-state index is -0.409. The number of fused-ring (bicyclic) bond motifs is 1. The van der Waals surface area contributed by atoms with Crippen LogP contribution in [0.3, 0.4) is 0 Å². The summed E-state index contributed by atoms with van der Waals surface area (Å²) in [6.07, 6.45) is 5.01.